The second-order valence-electron chi connectivity index (χ2n) is 6.17. The minimum Gasteiger partial charge on any atom is -0.494 e. The summed E-state index contributed by atoms with van der Waals surface area (Å²) in [6.07, 6.45) is 0.0682. The van der Waals surface area contributed by atoms with Crippen LogP contribution in [0.2, 0.25) is 5.02 Å². The van der Waals surface area contributed by atoms with Crippen molar-refractivity contribution in [3.63, 3.8) is 0 Å². The van der Waals surface area contributed by atoms with E-state index in [-0.39, 0.29) is 12.3 Å². The fourth-order valence-corrected chi connectivity index (χ4v) is 4.19. The third-order valence-corrected chi connectivity index (χ3v) is 5.89. The van der Waals surface area contributed by atoms with E-state index in [2.05, 4.69) is 20.9 Å². The van der Waals surface area contributed by atoms with Crippen molar-refractivity contribution in [2.24, 2.45) is 0 Å². The molecule has 2 unspecified atom stereocenters. The number of sulfonamides is 1. The topological polar surface area (TPSA) is 109 Å². The lowest BCUT2D eigenvalue weighted by Gasteiger charge is -2.14. The maximum Gasteiger partial charge on any atom is 0.250 e. The summed E-state index contributed by atoms with van der Waals surface area (Å²) in [5.41, 5.74) is 6.34. The van der Waals surface area contributed by atoms with E-state index in [1.807, 2.05) is 6.92 Å². The second kappa shape index (κ2) is 8.78. The van der Waals surface area contributed by atoms with Crippen molar-refractivity contribution < 1.29 is 17.9 Å². The minimum atomic E-state index is -3.75. The summed E-state index contributed by atoms with van der Waals surface area (Å²) in [4.78, 5) is 12.4. The molecule has 10 heteroatoms. The molecule has 1 aliphatic rings. The summed E-state index contributed by atoms with van der Waals surface area (Å²) in [5.74, 6) is 0.303. The van der Waals surface area contributed by atoms with Gasteiger partial charge < -0.3 is 10.1 Å². The lowest BCUT2D eigenvalue weighted by molar-refractivity contribution is -0.117. The fraction of sp³-hybridized carbons (Fsp3) is 0.278. The Morgan fingerprint density at radius 1 is 1.18 bits per heavy atom. The summed E-state index contributed by atoms with van der Waals surface area (Å²) >= 11 is 5.90. The van der Waals surface area contributed by atoms with Crippen LogP contribution in [-0.2, 0) is 14.8 Å². The van der Waals surface area contributed by atoms with Gasteiger partial charge in [-0.2, -0.15) is 0 Å². The van der Waals surface area contributed by atoms with Gasteiger partial charge >= 0.3 is 0 Å². The summed E-state index contributed by atoms with van der Waals surface area (Å²) in [7, 11) is -3.75. The van der Waals surface area contributed by atoms with Gasteiger partial charge in [-0.3, -0.25) is 9.52 Å². The Hall–Kier alpha value is -2.33. The number of anilines is 2. The molecule has 28 heavy (non-hydrogen) atoms. The Kier molecular flexibility index (Phi) is 6.40. The highest BCUT2D eigenvalue weighted by atomic mass is 35.5. The Morgan fingerprint density at radius 2 is 1.93 bits per heavy atom. The molecule has 1 aliphatic heterocycles. The van der Waals surface area contributed by atoms with Gasteiger partial charge in [0.25, 0.3) is 0 Å². The van der Waals surface area contributed by atoms with Crippen LogP contribution in [0.15, 0.2) is 48.5 Å². The molecule has 1 fully saturated rings. The summed E-state index contributed by atoms with van der Waals surface area (Å²) in [6.45, 7) is 2.40. The molecule has 0 bridgehead atoms. The maximum atomic E-state index is 12.6. The zero-order valence-corrected chi connectivity index (χ0v) is 16.7. The lowest BCUT2D eigenvalue weighted by atomic mass is 10.2. The second-order valence-corrected chi connectivity index (χ2v) is 8.47. The molecular weight excluding hydrogens is 404 g/mol. The van der Waals surface area contributed by atoms with E-state index in [0.717, 1.165) is 0 Å². The van der Waals surface area contributed by atoms with Crippen LogP contribution in [0.5, 0.6) is 5.75 Å². The van der Waals surface area contributed by atoms with Gasteiger partial charge in [0.1, 0.15) is 17.2 Å². The average Bonchev–Trinajstić information content (AvgIpc) is 3.15. The smallest absolute Gasteiger partial charge is 0.250 e. The lowest BCUT2D eigenvalue weighted by Crippen LogP contribution is -2.42. The first kappa shape index (κ1) is 20.4. The zero-order chi connectivity index (χ0) is 20.1. The van der Waals surface area contributed by atoms with Gasteiger partial charge in [0.2, 0.25) is 15.9 Å². The van der Waals surface area contributed by atoms with Gasteiger partial charge in [-0.05, 0) is 49.4 Å². The van der Waals surface area contributed by atoms with Crippen molar-refractivity contribution >= 4 is 38.9 Å². The number of hydrogen-bond acceptors (Lipinski definition) is 6. The van der Waals surface area contributed by atoms with Crippen molar-refractivity contribution in [3.8, 4) is 5.75 Å². The molecule has 0 radical (unpaired) electrons. The number of rotatable bonds is 7. The van der Waals surface area contributed by atoms with E-state index in [0.29, 0.717) is 28.8 Å². The number of carbonyl (C=O) groups is 1. The van der Waals surface area contributed by atoms with Crippen molar-refractivity contribution in [2.45, 2.75) is 24.8 Å². The molecule has 1 amide bonds. The molecule has 0 spiro atoms. The van der Waals surface area contributed by atoms with E-state index in [1.54, 1.807) is 48.5 Å². The van der Waals surface area contributed by atoms with E-state index >= 15 is 0 Å². The van der Waals surface area contributed by atoms with E-state index in [1.165, 1.54) is 0 Å². The van der Waals surface area contributed by atoms with E-state index in [4.69, 9.17) is 16.3 Å². The highest BCUT2D eigenvalue weighted by Gasteiger charge is 2.37. The molecule has 1 saturated heterocycles. The highest BCUT2D eigenvalue weighted by Crippen LogP contribution is 2.21. The number of halogens is 1. The van der Waals surface area contributed by atoms with Crippen molar-refractivity contribution in [3.05, 3.63) is 53.6 Å². The predicted octanol–water partition coefficient (Wildman–Crippen LogP) is 2.31. The van der Waals surface area contributed by atoms with Crippen LogP contribution >= 0.6 is 11.6 Å². The van der Waals surface area contributed by atoms with Crippen molar-refractivity contribution in [2.75, 3.05) is 16.6 Å². The zero-order valence-electron chi connectivity index (χ0n) is 15.1. The van der Waals surface area contributed by atoms with Crippen molar-refractivity contribution in [1.29, 1.82) is 0 Å². The molecule has 0 saturated carbocycles. The van der Waals surface area contributed by atoms with E-state index < -0.39 is 21.4 Å². The standard InChI is InChI=1S/C18H21ClN4O4S/c1-2-27-15-8-6-13(7-9-15)23-28(25,26)17-11-16(21-22-17)18(24)20-14-5-3-4-12(19)10-14/h3-10,16-17,21-23H,2,11H2,1H3,(H,20,24). The first-order chi connectivity index (χ1) is 13.4. The van der Waals surface area contributed by atoms with Crippen molar-refractivity contribution in [1.82, 2.24) is 10.9 Å². The summed E-state index contributed by atoms with van der Waals surface area (Å²) in [6, 6.07) is 12.6. The molecule has 1 heterocycles. The van der Waals surface area contributed by atoms with Crippen LogP contribution in [0.25, 0.3) is 0 Å². The predicted molar refractivity (Wildman–Crippen MR) is 109 cm³/mol. The summed E-state index contributed by atoms with van der Waals surface area (Å²) < 4.78 is 33.0. The molecule has 2 aromatic carbocycles. The number of carbonyl (C=O) groups excluding carboxylic acids is 1. The number of hydrazine groups is 1. The van der Waals surface area contributed by atoms with Gasteiger partial charge in [0, 0.05) is 22.8 Å². The monoisotopic (exact) mass is 424 g/mol. The third-order valence-electron chi connectivity index (χ3n) is 4.08. The van der Waals surface area contributed by atoms with Crippen LogP contribution in [0.3, 0.4) is 0 Å². The van der Waals surface area contributed by atoms with Gasteiger partial charge in [-0.15, -0.1) is 0 Å². The molecule has 2 aromatic rings. The van der Waals surface area contributed by atoms with Crippen LogP contribution in [-0.4, -0.2) is 32.3 Å². The molecular formula is C18H21ClN4O4S. The van der Waals surface area contributed by atoms with Gasteiger partial charge in [0.15, 0.2) is 0 Å². The van der Waals surface area contributed by atoms with Crippen LogP contribution in [0.1, 0.15) is 13.3 Å². The third kappa shape index (κ3) is 5.14. The Balaban J connectivity index is 1.59. The SMILES string of the molecule is CCOc1ccc(NS(=O)(=O)C2CC(C(=O)Nc3cccc(Cl)c3)NN2)cc1. The van der Waals surface area contributed by atoms with Gasteiger partial charge in [-0.25, -0.2) is 19.3 Å². The molecule has 8 nitrogen and oxygen atoms in total. The first-order valence-corrected chi connectivity index (χ1v) is 10.6. The molecule has 0 aliphatic carbocycles. The minimum absolute atomic E-state index is 0.0682. The molecule has 0 aromatic heterocycles. The number of amides is 1. The fourth-order valence-electron chi connectivity index (χ4n) is 2.72. The number of nitrogens with one attached hydrogen (secondary N) is 4. The van der Waals surface area contributed by atoms with Gasteiger partial charge in [-0.1, -0.05) is 17.7 Å². The first-order valence-electron chi connectivity index (χ1n) is 8.69. The van der Waals surface area contributed by atoms with Crippen LogP contribution < -0.4 is 25.6 Å². The largest absolute Gasteiger partial charge is 0.494 e. The Morgan fingerprint density at radius 3 is 2.61 bits per heavy atom. The Bertz CT molecular complexity index is 937. The van der Waals surface area contributed by atoms with E-state index in [9.17, 15) is 13.2 Å². The normalized spacial score (nSPS) is 19.2. The number of ether oxygens (including phenoxy) is 1. The van der Waals surface area contributed by atoms with Crippen LogP contribution in [0, 0.1) is 0 Å². The molecule has 2 atom stereocenters. The highest BCUT2D eigenvalue weighted by molar-refractivity contribution is 7.93. The average molecular weight is 425 g/mol. The number of hydrogen-bond donors (Lipinski definition) is 4. The Labute approximate surface area is 168 Å². The molecule has 150 valence electrons. The maximum absolute atomic E-state index is 12.6. The van der Waals surface area contributed by atoms with Gasteiger partial charge in [0.05, 0.1) is 6.61 Å². The molecule has 3 rings (SSSR count). The van der Waals surface area contributed by atoms with Crippen LogP contribution in [0.4, 0.5) is 11.4 Å². The molecule has 4 N–H and O–H groups in total. The number of benzene rings is 2. The summed E-state index contributed by atoms with van der Waals surface area (Å²) in [5, 5.41) is 2.24. The quantitative estimate of drug-likeness (QED) is 0.543.